The highest BCUT2D eigenvalue weighted by Gasteiger charge is 2.61. The Labute approximate surface area is 137 Å². The number of nitrogens with zero attached hydrogens (tertiary/aromatic N) is 2. The number of amides is 2. The molecule has 7 heteroatoms. The number of carbonyl (C=O) groups is 2. The van der Waals surface area contributed by atoms with Crippen molar-refractivity contribution in [1.82, 2.24) is 0 Å². The highest BCUT2D eigenvalue weighted by atomic mass is 19.4. The zero-order valence-electron chi connectivity index (χ0n) is 13.8. The predicted octanol–water partition coefficient (Wildman–Crippen LogP) is 3.89. The summed E-state index contributed by atoms with van der Waals surface area (Å²) in [6.07, 6.45) is -4.38. The molecule has 0 saturated carbocycles. The summed E-state index contributed by atoms with van der Waals surface area (Å²) in [5.41, 5.74) is -3.92. The first-order valence-corrected chi connectivity index (χ1v) is 7.42. The lowest BCUT2D eigenvalue weighted by molar-refractivity contribution is -0.138. The number of imide groups is 1. The quantitative estimate of drug-likeness (QED) is 0.769. The molecular formula is C17H17F3N2O2. The van der Waals surface area contributed by atoms with Crippen LogP contribution in [0.25, 0.3) is 0 Å². The lowest BCUT2D eigenvalue weighted by Gasteiger charge is -2.31. The van der Waals surface area contributed by atoms with Crippen LogP contribution in [0.15, 0.2) is 18.2 Å². The van der Waals surface area contributed by atoms with E-state index in [0.29, 0.717) is 12.5 Å². The molecule has 1 aromatic rings. The second-order valence-corrected chi connectivity index (χ2v) is 6.60. The van der Waals surface area contributed by atoms with Crippen molar-refractivity contribution in [2.45, 2.75) is 40.3 Å². The molecule has 4 nitrogen and oxygen atoms in total. The topological polar surface area (TPSA) is 61.2 Å². The molecule has 0 radical (unpaired) electrons. The SMILES string of the molecule is CCC1(C)C(=O)N(c2ccc(C#N)c(C(F)(F)F)c2)C(=O)C1(C)C. The van der Waals surface area contributed by atoms with Crippen LogP contribution in [0.4, 0.5) is 18.9 Å². The summed E-state index contributed by atoms with van der Waals surface area (Å²) in [6, 6.07) is 4.34. The van der Waals surface area contributed by atoms with Gasteiger partial charge >= 0.3 is 6.18 Å². The molecule has 1 heterocycles. The normalized spacial score (nSPS) is 23.5. The second-order valence-electron chi connectivity index (χ2n) is 6.60. The van der Waals surface area contributed by atoms with Crippen LogP contribution >= 0.6 is 0 Å². The average molecular weight is 338 g/mol. The number of rotatable bonds is 2. The summed E-state index contributed by atoms with van der Waals surface area (Å²) in [4.78, 5) is 26.3. The molecule has 0 N–H and O–H groups in total. The molecule has 1 aromatic carbocycles. The molecule has 2 amide bonds. The summed E-state index contributed by atoms with van der Waals surface area (Å²) in [5, 5.41) is 8.85. The van der Waals surface area contributed by atoms with Gasteiger partial charge in [0.1, 0.15) is 0 Å². The number of alkyl halides is 3. The van der Waals surface area contributed by atoms with Gasteiger partial charge in [0, 0.05) is 0 Å². The Bertz CT molecular complexity index is 762. The molecule has 128 valence electrons. The Morgan fingerprint density at radius 1 is 1.17 bits per heavy atom. The van der Waals surface area contributed by atoms with E-state index in [1.165, 1.54) is 12.1 Å². The molecule has 0 bridgehead atoms. The Morgan fingerprint density at radius 2 is 1.75 bits per heavy atom. The number of hydrogen-bond donors (Lipinski definition) is 0. The van der Waals surface area contributed by atoms with Crippen molar-refractivity contribution in [3.05, 3.63) is 29.3 Å². The molecule has 1 fully saturated rings. The lowest BCUT2D eigenvalue weighted by atomic mass is 9.67. The molecule has 2 rings (SSSR count). The largest absolute Gasteiger partial charge is 0.417 e. The Balaban J connectivity index is 2.64. The number of anilines is 1. The number of halogens is 3. The Kier molecular flexibility index (Phi) is 4.00. The van der Waals surface area contributed by atoms with Gasteiger partial charge in [-0.15, -0.1) is 0 Å². The van der Waals surface area contributed by atoms with Gasteiger partial charge < -0.3 is 0 Å². The van der Waals surface area contributed by atoms with E-state index >= 15 is 0 Å². The maximum Gasteiger partial charge on any atom is 0.417 e. The van der Waals surface area contributed by atoms with Crippen LogP contribution in [0.2, 0.25) is 0 Å². The van der Waals surface area contributed by atoms with Gasteiger partial charge in [0.25, 0.3) is 0 Å². The standard InChI is InChI=1S/C17H17F3N2O2/c1-5-16(4)14(24)22(13(23)15(16,2)3)11-7-6-10(9-21)12(8-11)17(18,19)20/h6-8H,5H2,1-4H3. The van der Waals surface area contributed by atoms with Crippen LogP contribution in [0, 0.1) is 22.2 Å². The summed E-state index contributed by atoms with van der Waals surface area (Å²) in [6.45, 7) is 6.63. The van der Waals surface area contributed by atoms with E-state index in [-0.39, 0.29) is 5.69 Å². The van der Waals surface area contributed by atoms with Crippen LogP contribution in [-0.4, -0.2) is 11.8 Å². The van der Waals surface area contributed by atoms with Gasteiger partial charge in [0.15, 0.2) is 0 Å². The molecule has 1 aliphatic rings. The van der Waals surface area contributed by atoms with Gasteiger partial charge in [-0.05, 0) is 45.4 Å². The smallest absolute Gasteiger partial charge is 0.273 e. The molecule has 0 aromatic heterocycles. The minimum absolute atomic E-state index is 0.165. The van der Waals surface area contributed by atoms with Crippen LogP contribution in [0.5, 0.6) is 0 Å². The number of hydrogen-bond acceptors (Lipinski definition) is 3. The fourth-order valence-corrected chi connectivity index (χ4v) is 2.95. The van der Waals surface area contributed by atoms with Gasteiger partial charge in [-0.25, -0.2) is 4.90 Å². The molecule has 1 atom stereocenters. The van der Waals surface area contributed by atoms with Gasteiger partial charge in [0.05, 0.1) is 33.7 Å². The van der Waals surface area contributed by atoms with Crippen molar-refractivity contribution >= 4 is 17.5 Å². The zero-order valence-corrected chi connectivity index (χ0v) is 13.8. The zero-order chi connectivity index (χ0) is 18.5. The van der Waals surface area contributed by atoms with E-state index < -0.39 is 39.9 Å². The first-order valence-electron chi connectivity index (χ1n) is 7.42. The van der Waals surface area contributed by atoms with Crippen molar-refractivity contribution < 1.29 is 22.8 Å². The summed E-state index contributed by atoms with van der Waals surface area (Å²) in [7, 11) is 0. The van der Waals surface area contributed by atoms with Crippen LogP contribution < -0.4 is 4.90 Å². The fraction of sp³-hybridized carbons (Fsp3) is 0.471. The molecular weight excluding hydrogens is 321 g/mol. The maximum absolute atomic E-state index is 13.1. The summed E-state index contributed by atoms with van der Waals surface area (Å²) < 4.78 is 39.4. The van der Waals surface area contributed by atoms with E-state index in [2.05, 4.69) is 0 Å². The first kappa shape index (κ1) is 18.0. The van der Waals surface area contributed by atoms with E-state index in [4.69, 9.17) is 5.26 Å². The molecule has 1 unspecified atom stereocenters. The van der Waals surface area contributed by atoms with E-state index in [1.807, 2.05) is 0 Å². The monoisotopic (exact) mass is 338 g/mol. The highest BCUT2D eigenvalue weighted by Crippen LogP contribution is 2.51. The molecule has 0 aliphatic carbocycles. The third-order valence-electron chi connectivity index (χ3n) is 5.19. The number of nitriles is 1. The van der Waals surface area contributed by atoms with E-state index in [1.54, 1.807) is 27.7 Å². The third-order valence-corrected chi connectivity index (χ3v) is 5.19. The van der Waals surface area contributed by atoms with Crippen LogP contribution in [-0.2, 0) is 15.8 Å². The maximum atomic E-state index is 13.1. The Hall–Kier alpha value is -2.36. The number of carbonyl (C=O) groups excluding carboxylic acids is 2. The van der Waals surface area contributed by atoms with E-state index in [0.717, 1.165) is 11.0 Å². The predicted molar refractivity (Wildman–Crippen MR) is 80.8 cm³/mol. The van der Waals surface area contributed by atoms with Crippen molar-refractivity contribution in [2.75, 3.05) is 4.90 Å². The van der Waals surface area contributed by atoms with Crippen molar-refractivity contribution in [2.24, 2.45) is 10.8 Å². The first-order chi connectivity index (χ1) is 10.9. The van der Waals surface area contributed by atoms with E-state index in [9.17, 15) is 22.8 Å². The summed E-state index contributed by atoms with van der Waals surface area (Å²) in [5.74, 6) is -1.08. The molecule has 0 spiro atoms. The Morgan fingerprint density at radius 3 is 2.17 bits per heavy atom. The molecule has 1 saturated heterocycles. The summed E-state index contributed by atoms with van der Waals surface area (Å²) >= 11 is 0. The number of benzene rings is 1. The van der Waals surface area contributed by atoms with Gasteiger partial charge in [-0.2, -0.15) is 18.4 Å². The lowest BCUT2D eigenvalue weighted by Crippen LogP contribution is -2.37. The average Bonchev–Trinajstić information content (AvgIpc) is 2.64. The fourth-order valence-electron chi connectivity index (χ4n) is 2.95. The molecule has 24 heavy (non-hydrogen) atoms. The van der Waals surface area contributed by atoms with Gasteiger partial charge in [-0.3, -0.25) is 9.59 Å². The second kappa shape index (κ2) is 5.33. The minimum Gasteiger partial charge on any atom is -0.273 e. The van der Waals surface area contributed by atoms with Gasteiger partial charge in [-0.1, -0.05) is 6.92 Å². The third kappa shape index (κ3) is 2.29. The van der Waals surface area contributed by atoms with Crippen molar-refractivity contribution in [1.29, 1.82) is 5.26 Å². The highest BCUT2D eigenvalue weighted by molar-refractivity contribution is 6.25. The minimum atomic E-state index is -4.75. The van der Waals surface area contributed by atoms with Crippen molar-refractivity contribution in [3.63, 3.8) is 0 Å². The van der Waals surface area contributed by atoms with Crippen LogP contribution in [0.3, 0.4) is 0 Å². The van der Waals surface area contributed by atoms with Crippen molar-refractivity contribution in [3.8, 4) is 6.07 Å². The molecule has 1 aliphatic heterocycles. The van der Waals surface area contributed by atoms with Gasteiger partial charge in [0.2, 0.25) is 11.8 Å². The van der Waals surface area contributed by atoms with Crippen LogP contribution in [0.1, 0.15) is 45.2 Å².